The number of carbonyl (C=O) groups is 1. The highest BCUT2D eigenvalue weighted by atomic mass is 16.1. The van der Waals surface area contributed by atoms with Crippen molar-refractivity contribution in [2.75, 3.05) is 0 Å². The first-order valence-electron chi connectivity index (χ1n) is 6.67. The number of carbonyl (C=O) groups excluding carboxylic acids is 1. The molecule has 0 fully saturated rings. The summed E-state index contributed by atoms with van der Waals surface area (Å²) < 4.78 is 0. The summed E-state index contributed by atoms with van der Waals surface area (Å²) in [5.74, 6) is 0.0233. The van der Waals surface area contributed by atoms with Crippen molar-refractivity contribution in [2.45, 2.75) is 25.8 Å². The molecule has 0 aliphatic heterocycles. The second-order valence-electron chi connectivity index (χ2n) is 5.22. The Bertz CT molecular complexity index is 604. The third-order valence-corrected chi connectivity index (χ3v) is 3.67. The molecular weight excluding hydrogens is 234 g/mol. The molecule has 1 aliphatic carbocycles. The predicted octanol–water partition coefficient (Wildman–Crippen LogP) is 2.89. The summed E-state index contributed by atoms with van der Waals surface area (Å²) >= 11 is 0. The minimum Gasteiger partial charge on any atom is -0.349 e. The Hall–Kier alpha value is -2.09. The molecule has 1 unspecified atom stereocenters. The molecule has 0 radical (unpaired) electrons. The zero-order valence-corrected chi connectivity index (χ0v) is 11.0. The van der Waals surface area contributed by atoms with E-state index in [1.807, 2.05) is 30.3 Å². The van der Waals surface area contributed by atoms with Gasteiger partial charge in [0.05, 0.1) is 0 Å². The van der Waals surface area contributed by atoms with E-state index < -0.39 is 0 Å². The lowest BCUT2D eigenvalue weighted by Crippen LogP contribution is -2.35. The highest BCUT2D eigenvalue weighted by molar-refractivity contribution is 5.94. The molecule has 0 saturated heterocycles. The van der Waals surface area contributed by atoms with Gasteiger partial charge in [0.15, 0.2) is 0 Å². The van der Waals surface area contributed by atoms with Gasteiger partial charge >= 0.3 is 0 Å². The van der Waals surface area contributed by atoms with Crippen molar-refractivity contribution in [2.24, 2.45) is 0 Å². The number of benzene rings is 2. The molecule has 0 saturated carbocycles. The average molecular weight is 251 g/mol. The lowest BCUT2D eigenvalue weighted by Gasteiger charge is -2.11. The van der Waals surface area contributed by atoms with Crippen LogP contribution in [0.15, 0.2) is 48.5 Å². The molecule has 0 bridgehead atoms. The van der Waals surface area contributed by atoms with E-state index >= 15 is 0 Å². The number of aryl methyl sites for hydroxylation is 1. The largest absolute Gasteiger partial charge is 0.349 e. The molecule has 0 spiro atoms. The summed E-state index contributed by atoms with van der Waals surface area (Å²) in [4.78, 5) is 12.1. The van der Waals surface area contributed by atoms with Gasteiger partial charge in [-0.05, 0) is 43.0 Å². The van der Waals surface area contributed by atoms with E-state index in [-0.39, 0.29) is 11.9 Å². The van der Waals surface area contributed by atoms with Crippen molar-refractivity contribution in [1.29, 1.82) is 0 Å². The number of nitrogens with one attached hydrogen (secondary N) is 1. The zero-order chi connectivity index (χ0) is 13.2. The van der Waals surface area contributed by atoms with Crippen LogP contribution in [0.1, 0.15) is 27.0 Å². The quantitative estimate of drug-likeness (QED) is 0.873. The van der Waals surface area contributed by atoms with Gasteiger partial charge in [-0.2, -0.15) is 0 Å². The van der Waals surface area contributed by atoms with Gasteiger partial charge in [-0.3, -0.25) is 4.79 Å². The molecule has 2 aromatic rings. The van der Waals surface area contributed by atoms with Gasteiger partial charge in [0.25, 0.3) is 5.91 Å². The van der Waals surface area contributed by atoms with E-state index in [1.165, 1.54) is 16.7 Å². The molecule has 19 heavy (non-hydrogen) atoms. The number of hydrogen-bond donors (Lipinski definition) is 1. The molecule has 2 nitrogen and oxygen atoms in total. The van der Waals surface area contributed by atoms with Gasteiger partial charge in [-0.1, -0.05) is 42.0 Å². The molecule has 1 N–H and O–H groups in total. The Morgan fingerprint density at radius 3 is 2.58 bits per heavy atom. The maximum atomic E-state index is 12.1. The summed E-state index contributed by atoms with van der Waals surface area (Å²) in [5.41, 5.74) is 4.76. The summed E-state index contributed by atoms with van der Waals surface area (Å²) in [5, 5.41) is 3.12. The normalized spacial score (nSPS) is 17.0. The minimum atomic E-state index is 0.0233. The smallest absolute Gasteiger partial charge is 0.251 e. The fraction of sp³-hybridized carbons (Fsp3) is 0.235. The molecule has 2 aromatic carbocycles. The van der Waals surface area contributed by atoms with Gasteiger partial charge in [0, 0.05) is 11.6 Å². The van der Waals surface area contributed by atoms with E-state index in [0.717, 1.165) is 18.4 Å². The van der Waals surface area contributed by atoms with Crippen LogP contribution in [-0.4, -0.2) is 11.9 Å². The lowest BCUT2D eigenvalue weighted by molar-refractivity contribution is 0.0938. The second-order valence-corrected chi connectivity index (χ2v) is 5.22. The third-order valence-electron chi connectivity index (χ3n) is 3.67. The van der Waals surface area contributed by atoms with Crippen LogP contribution in [0.4, 0.5) is 0 Å². The van der Waals surface area contributed by atoms with Crippen molar-refractivity contribution in [3.8, 4) is 0 Å². The van der Waals surface area contributed by atoms with E-state index in [2.05, 4.69) is 30.4 Å². The number of amides is 1. The maximum Gasteiger partial charge on any atom is 0.251 e. The third kappa shape index (κ3) is 2.53. The molecule has 0 aromatic heterocycles. The first-order valence-corrected chi connectivity index (χ1v) is 6.67. The Labute approximate surface area is 113 Å². The molecule has 2 heteroatoms. The Morgan fingerprint density at radius 1 is 1.05 bits per heavy atom. The van der Waals surface area contributed by atoms with Crippen LogP contribution in [0.2, 0.25) is 0 Å². The van der Waals surface area contributed by atoms with Gasteiger partial charge < -0.3 is 5.32 Å². The van der Waals surface area contributed by atoms with Crippen LogP contribution in [0.3, 0.4) is 0 Å². The number of rotatable bonds is 2. The average Bonchev–Trinajstić information content (AvgIpc) is 2.81. The summed E-state index contributed by atoms with van der Waals surface area (Å²) in [6.45, 7) is 2.11. The van der Waals surface area contributed by atoms with E-state index in [0.29, 0.717) is 0 Å². The Morgan fingerprint density at radius 2 is 1.79 bits per heavy atom. The van der Waals surface area contributed by atoms with Crippen LogP contribution in [0, 0.1) is 6.92 Å². The molecule has 1 aliphatic rings. The Kier molecular flexibility index (Phi) is 3.08. The van der Waals surface area contributed by atoms with Crippen LogP contribution < -0.4 is 5.32 Å². The van der Waals surface area contributed by atoms with E-state index in [4.69, 9.17) is 0 Å². The van der Waals surface area contributed by atoms with Gasteiger partial charge in [0.2, 0.25) is 0 Å². The number of fused-ring (bicyclic) bond motifs is 1. The fourth-order valence-corrected chi connectivity index (χ4v) is 2.71. The molecular formula is C17H17NO. The van der Waals surface area contributed by atoms with Crippen molar-refractivity contribution in [3.63, 3.8) is 0 Å². The molecule has 1 amide bonds. The summed E-state index contributed by atoms with van der Waals surface area (Å²) in [6.07, 6.45) is 1.88. The van der Waals surface area contributed by atoms with Crippen molar-refractivity contribution < 1.29 is 4.79 Å². The van der Waals surface area contributed by atoms with Crippen LogP contribution >= 0.6 is 0 Å². The van der Waals surface area contributed by atoms with Crippen molar-refractivity contribution in [3.05, 3.63) is 70.8 Å². The van der Waals surface area contributed by atoms with E-state index in [1.54, 1.807) is 0 Å². The molecule has 96 valence electrons. The van der Waals surface area contributed by atoms with Crippen molar-refractivity contribution in [1.82, 2.24) is 5.32 Å². The summed E-state index contributed by atoms with van der Waals surface area (Å²) in [7, 11) is 0. The first-order chi connectivity index (χ1) is 9.22. The topological polar surface area (TPSA) is 29.1 Å². The fourth-order valence-electron chi connectivity index (χ4n) is 2.71. The van der Waals surface area contributed by atoms with Gasteiger partial charge in [-0.15, -0.1) is 0 Å². The predicted molar refractivity (Wildman–Crippen MR) is 76.3 cm³/mol. The maximum absolute atomic E-state index is 12.1. The van der Waals surface area contributed by atoms with Gasteiger partial charge in [0.1, 0.15) is 0 Å². The Balaban J connectivity index is 1.69. The minimum absolute atomic E-state index is 0.0233. The second kappa shape index (κ2) is 4.88. The van der Waals surface area contributed by atoms with Gasteiger partial charge in [-0.25, -0.2) is 0 Å². The molecule has 1 atom stereocenters. The monoisotopic (exact) mass is 251 g/mol. The highest BCUT2D eigenvalue weighted by Gasteiger charge is 2.23. The molecule has 3 rings (SSSR count). The SMILES string of the molecule is Cc1ccc2c(c1)CC(NC(=O)c1ccccc1)C2. The van der Waals surface area contributed by atoms with Crippen LogP contribution in [0.5, 0.6) is 0 Å². The van der Waals surface area contributed by atoms with Crippen LogP contribution in [-0.2, 0) is 12.8 Å². The standard InChI is InChI=1S/C17H17NO/c1-12-7-8-14-10-16(11-15(14)9-12)18-17(19)13-5-3-2-4-6-13/h2-9,16H,10-11H2,1H3,(H,18,19). The lowest BCUT2D eigenvalue weighted by atomic mass is 10.1. The number of hydrogen-bond acceptors (Lipinski definition) is 1. The van der Waals surface area contributed by atoms with Crippen molar-refractivity contribution >= 4 is 5.91 Å². The highest BCUT2D eigenvalue weighted by Crippen LogP contribution is 2.23. The zero-order valence-electron chi connectivity index (χ0n) is 11.0. The van der Waals surface area contributed by atoms with E-state index in [9.17, 15) is 4.79 Å². The molecule has 0 heterocycles. The summed E-state index contributed by atoms with van der Waals surface area (Å²) in [6, 6.07) is 16.2. The first kappa shape index (κ1) is 12.0. The van der Waals surface area contributed by atoms with Crippen LogP contribution in [0.25, 0.3) is 0 Å².